The zero-order chi connectivity index (χ0) is 23.3. The molecule has 0 amide bonds. The summed E-state index contributed by atoms with van der Waals surface area (Å²) in [7, 11) is 0. The van der Waals surface area contributed by atoms with Gasteiger partial charge in [0.15, 0.2) is 0 Å². The lowest BCUT2D eigenvalue weighted by Crippen LogP contribution is -2.57. The molecule has 2 nitrogen and oxygen atoms in total. The van der Waals surface area contributed by atoms with Crippen LogP contribution < -0.4 is 0 Å². The molecule has 2 aromatic carbocycles. The minimum atomic E-state index is 0.0282. The number of benzene rings is 2. The Morgan fingerprint density at radius 1 is 1.03 bits per heavy atom. The van der Waals surface area contributed by atoms with Crippen molar-refractivity contribution in [2.45, 2.75) is 90.8 Å². The fraction of sp³-hybridized carbons (Fsp3) is 0.677. The normalized spacial score (nSPS) is 37.3. The predicted octanol–water partition coefficient (Wildman–Crippen LogP) is 7.60. The van der Waals surface area contributed by atoms with Crippen LogP contribution >= 0.6 is 0 Å². The van der Waals surface area contributed by atoms with E-state index in [0.717, 1.165) is 25.0 Å². The predicted molar refractivity (Wildman–Crippen MR) is 139 cm³/mol. The van der Waals surface area contributed by atoms with E-state index >= 15 is 0 Å². The molecule has 5 rings (SSSR count). The highest BCUT2D eigenvalue weighted by Gasteiger charge is 2.78. The van der Waals surface area contributed by atoms with Gasteiger partial charge in [0.05, 0.1) is 6.54 Å². The standard InChI is InChI=1S/C31H46NO/c1-6-7-8-11-19-33-31(23(2)3)22-32(20-24(4)28-17-18-29(31)30(28,32)5)21-26-15-12-14-25-13-9-10-16-27(25)26/h9-10,12-16,23-24,28-29H,6-8,11,17-22H2,1-5H3/q+1/t24-,28+,29+,30-,31+,32-/m1/s1. The summed E-state index contributed by atoms with van der Waals surface area (Å²) >= 11 is 0. The number of nitrogens with zero attached hydrogens (tertiary/aromatic N) is 1. The Hall–Kier alpha value is -1.38. The molecule has 0 N–H and O–H groups in total. The lowest BCUT2D eigenvalue weighted by Gasteiger charge is -2.44. The van der Waals surface area contributed by atoms with E-state index in [1.54, 1.807) is 0 Å². The molecule has 1 aliphatic carbocycles. The molecule has 2 aliphatic heterocycles. The Kier molecular flexibility index (Phi) is 6.15. The third-order valence-electron chi connectivity index (χ3n) is 10.4. The molecule has 180 valence electrons. The summed E-state index contributed by atoms with van der Waals surface area (Å²) < 4.78 is 8.34. The first-order valence-corrected chi connectivity index (χ1v) is 13.8. The second-order valence-electron chi connectivity index (χ2n) is 12.2. The van der Waals surface area contributed by atoms with Crippen molar-refractivity contribution < 1.29 is 9.22 Å². The van der Waals surface area contributed by atoms with E-state index in [4.69, 9.17) is 4.74 Å². The van der Waals surface area contributed by atoms with E-state index in [1.807, 2.05) is 0 Å². The van der Waals surface area contributed by atoms with Crippen LogP contribution in [0.3, 0.4) is 0 Å². The van der Waals surface area contributed by atoms with Gasteiger partial charge in [-0.2, -0.15) is 0 Å². The largest absolute Gasteiger partial charge is 0.368 e. The smallest absolute Gasteiger partial charge is 0.128 e. The minimum absolute atomic E-state index is 0.0282. The van der Waals surface area contributed by atoms with Crippen molar-refractivity contribution in [3.05, 3.63) is 48.0 Å². The molecular weight excluding hydrogens is 402 g/mol. The van der Waals surface area contributed by atoms with Gasteiger partial charge < -0.3 is 9.22 Å². The maximum atomic E-state index is 7.10. The van der Waals surface area contributed by atoms with E-state index in [2.05, 4.69) is 77.1 Å². The highest BCUT2D eigenvalue weighted by Crippen LogP contribution is 2.67. The molecule has 2 aromatic rings. The van der Waals surface area contributed by atoms with Crippen LogP contribution in [0.15, 0.2) is 42.5 Å². The van der Waals surface area contributed by atoms with Crippen molar-refractivity contribution in [2.75, 3.05) is 19.7 Å². The van der Waals surface area contributed by atoms with Crippen molar-refractivity contribution in [3.8, 4) is 0 Å². The van der Waals surface area contributed by atoms with E-state index < -0.39 is 0 Å². The molecule has 33 heavy (non-hydrogen) atoms. The minimum Gasteiger partial charge on any atom is -0.368 e. The van der Waals surface area contributed by atoms with Crippen LogP contribution in [0.1, 0.15) is 78.7 Å². The fourth-order valence-electron chi connectivity index (χ4n) is 8.90. The Morgan fingerprint density at radius 3 is 2.61 bits per heavy atom. The van der Waals surface area contributed by atoms with Crippen molar-refractivity contribution in [1.29, 1.82) is 0 Å². The molecule has 3 aliphatic rings. The van der Waals surface area contributed by atoms with Gasteiger partial charge in [-0.1, -0.05) is 89.4 Å². The van der Waals surface area contributed by atoms with E-state index in [-0.39, 0.29) is 5.60 Å². The third kappa shape index (κ3) is 3.42. The van der Waals surface area contributed by atoms with Crippen molar-refractivity contribution in [3.63, 3.8) is 0 Å². The summed E-state index contributed by atoms with van der Waals surface area (Å²) in [6.07, 6.45) is 7.90. The quantitative estimate of drug-likeness (QED) is 0.283. The first kappa shape index (κ1) is 23.4. The molecule has 2 heteroatoms. The Labute approximate surface area is 202 Å². The van der Waals surface area contributed by atoms with Gasteiger partial charge in [-0.25, -0.2) is 0 Å². The number of unbranched alkanes of at least 4 members (excludes halogenated alkanes) is 3. The fourth-order valence-corrected chi connectivity index (χ4v) is 8.90. The third-order valence-corrected chi connectivity index (χ3v) is 10.4. The van der Waals surface area contributed by atoms with E-state index in [1.165, 1.54) is 72.4 Å². The number of hydrogen-bond donors (Lipinski definition) is 0. The number of quaternary nitrogens is 1. The van der Waals surface area contributed by atoms with Crippen LogP contribution in [-0.4, -0.2) is 35.3 Å². The Balaban J connectivity index is 1.53. The summed E-state index contributed by atoms with van der Waals surface area (Å²) in [6.45, 7) is 17.0. The lowest BCUT2D eigenvalue weighted by atomic mass is 9.72. The molecule has 2 saturated heterocycles. The number of hydrogen-bond acceptors (Lipinski definition) is 1. The summed E-state index contributed by atoms with van der Waals surface area (Å²) in [6, 6.07) is 16.0. The summed E-state index contributed by atoms with van der Waals surface area (Å²) in [4.78, 5) is 0. The van der Waals surface area contributed by atoms with Crippen LogP contribution in [0.5, 0.6) is 0 Å². The summed E-state index contributed by atoms with van der Waals surface area (Å²) in [5.41, 5.74) is 1.90. The van der Waals surface area contributed by atoms with Crippen LogP contribution in [0.4, 0.5) is 0 Å². The summed E-state index contributed by atoms with van der Waals surface area (Å²) in [5, 5.41) is 2.83. The Morgan fingerprint density at radius 2 is 1.82 bits per heavy atom. The van der Waals surface area contributed by atoms with Gasteiger partial charge >= 0.3 is 0 Å². The zero-order valence-electron chi connectivity index (χ0n) is 21.8. The number of fused-ring (bicyclic) bond motifs is 1. The van der Waals surface area contributed by atoms with E-state index in [9.17, 15) is 0 Å². The molecule has 2 heterocycles. The van der Waals surface area contributed by atoms with Crippen molar-refractivity contribution >= 4 is 10.8 Å². The monoisotopic (exact) mass is 448 g/mol. The maximum absolute atomic E-state index is 7.10. The number of rotatable bonds is 9. The van der Waals surface area contributed by atoms with Gasteiger partial charge in [0.2, 0.25) is 0 Å². The molecule has 0 aromatic heterocycles. The first-order chi connectivity index (χ1) is 15.9. The van der Waals surface area contributed by atoms with Gasteiger partial charge in [-0.3, -0.25) is 0 Å². The van der Waals surface area contributed by atoms with Crippen molar-refractivity contribution in [2.24, 2.45) is 23.7 Å². The molecule has 3 fully saturated rings. The van der Waals surface area contributed by atoms with Crippen LogP contribution in [0.2, 0.25) is 0 Å². The molecule has 6 atom stereocenters. The number of ether oxygens (including phenoxy) is 1. The molecular formula is C31H46NO+. The second kappa shape index (κ2) is 8.68. The van der Waals surface area contributed by atoms with E-state index in [0.29, 0.717) is 17.4 Å². The molecule has 0 spiro atoms. The van der Waals surface area contributed by atoms with Gasteiger partial charge in [0, 0.05) is 29.9 Å². The highest BCUT2D eigenvalue weighted by molar-refractivity contribution is 5.85. The topological polar surface area (TPSA) is 9.23 Å². The van der Waals surface area contributed by atoms with Crippen LogP contribution in [0, 0.1) is 23.7 Å². The molecule has 0 bridgehead atoms. The van der Waals surface area contributed by atoms with Crippen molar-refractivity contribution in [1.82, 2.24) is 0 Å². The van der Waals surface area contributed by atoms with Crippen LogP contribution in [-0.2, 0) is 11.3 Å². The zero-order valence-corrected chi connectivity index (χ0v) is 21.8. The van der Waals surface area contributed by atoms with Gasteiger partial charge in [-0.15, -0.1) is 0 Å². The van der Waals surface area contributed by atoms with Gasteiger partial charge in [0.25, 0.3) is 0 Å². The average Bonchev–Trinajstić information content (AvgIpc) is 3.34. The average molecular weight is 449 g/mol. The second-order valence-corrected chi connectivity index (χ2v) is 12.2. The molecule has 0 radical (unpaired) electrons. The van der Waals surface area contributed by atoms with Gasteiger partial charge in [-0.05, 0) is 42.9 Å². The van der Waals surface area contributed by atoms with Gasteiger partial charge in [0.1, 0.15) is 24.2 Å². The summed E-state index contributed by atoms with van der Waals surface area (Å²) in [5.74, 6) is 2.89. The Bertz CT molecular complexity index is 979. The maximum Gasteiger partial charge on any atom is 0.128 e. The lowest BCUT2D eigenvalue weighted by molar-refractivity contribution is -0.968. The molecule has 0 unspecified atom stereocenters. The molecule has 1 saturated carbocycles. The highest BCUT2D eigenvalue weighted by atomic mass is 16.5. The first-order valence-electron chi connectivity index (χ1n) is 13.8. The SMILES string of the molecule is CCCCCCO[C@]1(C(C)C)C[N@+]2(Cc3cccc4ccccc34)C[C@@H](C)[C@@H]3CC[C@H]1[C@@]32C. The van der Waals surface area contributed by atoms with Crippen LogP contribution in [0.25, 0.3) is 10.8 Å².